The number of carbonyl (C=O) groups excluding carboxylic acids is 2. The Labute approximate surface area is 174 Å². The molecule has 1 N–H and O–H groups in total. The summed E-state index contributed by atoms with van der Waals surface area (Å²) in [5, 5.41) is 2.80. The van der Waals surface area contributed by atoms with E-state index in [0.717, 1.165) is 16.9 Å². The fourth-order valence-electron chi connectivity index (χ4n) is 3.18. The van der Waals surface area contributed by atoms with Crippen LogP contribution in [0.2, 0.25) is 0 Å². The van der Waals surface area contributed by atoms with Crippen LogP contribution >= 0.6 is 11.8 Å². The fraction of sp³-hybridized carbons (Fsp3) is 0.364. The van der Waals surface area contributed by atoms with Crippen molar-refractivity contribution in [2.75, 3.05) is 29.2 Å². The third-order valence-electron chi connectivity index (χ3n) is 4.81. The number of ether oxygens (including phenoxy) is 2. The van der Waals surface area contributed by atoms with Crippen molar-refractivity contribution in [3.05, 3.63) is 48.0 Å². The molecule has 0 aromatic heterocycles. The van der Waals surface area contributed by atoms with Crippen molar-refractivity contribution < 1.29 is 19.1 Å². The van der Waals surface area contributed by atoms with Gasteiger partial charge in [0.05, 0.1) is 5.75 Å². The maximum absolute atomic E-state index is 12.6. The maximum Gasteiger partial charge on any atom is 0.238 e. The molecule has 0 unspecified atom stereocenters. The fourth-order valence-corrected chi connectivity index (χ4v) is 4.36. The second-order valence-corrected chi connectivity index (χ2v) is 9.15. The van der Waals surface area contributed by atoms with E-state index >= 15 is 0 Å². The van der Waals surface area contributed by atoms with Crippen molar-refractivity contribution in [2.45, 2.75) is 26.1 Å². The Morgan fingerprint density at radius 2 is 1.76 bits per heavy atom. The number of hydrogen-bond donors (Lipinski definition) is 1. The molecule has 0 radical (unpaired) electrons. The number of carbonyl (C=O) groups is 2. The minimum Gasteiger partial charge on any atom is -0.486 e. The summed E-state index contributed by atoms with van der Waals surface area (Å²) in [4.78, 5) is 26.6. The van der Waals surface area contributed by atoms with Crippen LogP contribution in [0.5, 0.6) is 11.5 Å². The van der Waals surface area contributed by atoms with Gasteiger partial charge >= 0.3 is 0 Å². The van der Waals surface area contributed by atoms with Gasteiger partial charge in [-0.2, -0.15) is 0 Å². The van der Waals surface area contributed by atoms with Gasteiger partial charge in [-0.15, -0.1) is 11.8 Å². The second kappa shape index (κ2) is 7.63. The van der Waals surface area contributed by atoms with E-state index in [1.165, 1.54) is 0 Å². The predicted molar refractivity (Wildman–Crippen MR) is 115 cm³/mol. The highest BCUT2D eigenvalue weighted by molar-refractivity contribution is 8.00. The van der Waals surface area contributed by atoms with E-state index in [9.17, 15) is 9.59 Å². The third kappa shape index (κ3) is 4.05. The van der Waals surface area contributed by atoms with Crippen LogP contribution < -0.4 is 19.7 Å². The van der Waals surface area contributed by atoms with Crippen LogP contribution in [0.1, 0.15) is 31.7 Å². The molecule has 1 fully saturated rings. The molecule has 1 saturated heterocycles. The number of fused-ring (bicyclic) bond motifs is 1. The summed E-state index contributed by atoms with van der Waals surface area (Å²) in [5.74, 6) is 1.81. The lowest BCUT2D eigenvalue weighted by molar-refractivity contribution is -0.123. The van der Waals surface area contributed by atoms with E-state index in [4.69, 9.17) is 9.47 Å². The molecule has 2 aliphatic heterocycles. The van der Waals surface area contributed by atoms with Gasteiger partial charge in [0.15, 0.2) is 11.5 Å². The van der Waals surface area contributed by atoms with Gasteiger partial charge in [-0.1, -0.05) is 32.9 Å². The van der Waals surface area contributed by atoms with Crippen LogP contribution in [0.3, 0.4) is 0 Å². The number of amides is 2. The molecule has 0 spiro atoms. The largest absolute Gasteiger partial charge is 0.486 e. The van der Waals surface area contributed by atoms with E-state index in [-0.39, 0.29) is 17.2 Å². The smallest absolute Gasteiger partial charge is 0.238 e. The molecule has 2 aromatic carbocycles. The number of nitrogens with one attached hydrogen (secondary N) is 1. The van der Waals surface area contributed by atoms with E-state index in [1.807, 2.05) is 63.2 Å². The Morgan fingerprint density at radius 3 is 2.45 bits per heavy atom. The molecule has 0 bridgehead atoms. The summed E-state index contributed by atoms with van der Waals surface area (Å²) < 4.78 is 11.2. The molecule has 2 amide bonds. The number of hydrogen-bond acceptors (Lipinski definition) is 5. The monoisotopic (exact) mass is 412 g/mol. The van der Waals surface area contributed by atoms with Gasteiger partial charge in [0.1, 0.15) is 18.6 Å². The molecule has 4 rings (SSSR count). The number of rotatable bonds is 3. The van der Waals surface area contributed by atoms with Crippen LogP contribution in [-0.4, -0.2) is 30.8 Å². The Kier molecular flexibility index (Phi) is 5.17. The van der Waals surface area contributed by atoms with Crippen molar-refractivity contribution in [1.29, 1.82) is 0 Å². The van der Waals surface area contributed by atoms with Gasteiger partial charge < -0.3 is 14.8 Å². The first kappa shape index (κ1) is 19.6. The Hall–Kier alpha value is -2.67. The van der Waals surface area contributed by atoms with Gasteiger partial charge in [-0.05, 0) is 29.8 Å². The van der Waals surface area contributed by atoms with Crippen molar-refractivity contribution in [3.8, 4) is 11.5 Å². The highest BCUT2D eigenvalue weighted by atomic mass is 32.2. The molecule has 7 heteroatoms. The molecule has 29 heavy (non-hydrogen) atoms. The van der Waals surface area contributed by atoms with Crippen molar-refractivity contribution >= 4 is 35.0 Å². The minimum absolute atomic E-state index is 0.0337. The number of anilines is 2. The number of thioether (sulfide) groups is 1. The van der Waals surface area contributed by atoms with Crippen molar-refractivity contribution in [2.24, 2.45) is 5.41 Å². The molecule has 6 nitrogen and oxygen atoms in total. The Balaban J connectivity index is 1.56. The first-order valence-corrected chi connectivity index (χ1v) is 10.6. The van der Waals surface area contributed by atoms with E-state index < -0.39 is 5.41 Å². The van der Waals surface area contributed by atoms with Crippen LogP contribution in [-0.2, 0) is 9.59 Å². The first-order valence-electron chi connectivity index (χ1n) is 9.58. The van der Waals surface area contributed by atoms with Crippen LogP contribution in [0.25, 0.3) is 0 Å². The zero-order chi connectivity index (χ0) is 20.6. The third-order valence-corrected chi connectivity index (χ3v) is 6.02. The number of benzene rings is 2. The highest BCUT2D eigenvalue weighted by Crippen LogP contribution is 2.44. The lowest BCUT2D eigenvalue weighted by Gasteiger charge is -2.26. The zero-order valence-corrected chi connectivity index (χ0v) is 17.5. The average molecular weight is 413 g/mol. The molecule has 0 aliphatic carbocycles. The minimum atomic E-state index is -0.457. The zero-order valence-electron chi connectivity index (χ0n) is 16.7. The quantitative estimate of drug-likeness (QED) is 0.818. The van der Waals surface area contributed by atoms with E-state index in [1.54, 1.807) is 16.7 Å². The predicted octanol–water partition coefficient (Wildman–Crippen LogP) is 4.22. The maximum atomic E-state index is 12.6. The Bertz CT molecular complexity index is 937. The summed E-state index contributed by atoms with van der Waals surface area (Å²) in [6.45, 7) is 6.67. The summed E-state index contributed by atoms with van der Waals surface area (Å²) >= 11 is 1.58. The second-order valence-electron chi connectivity index (χ2n) is 8.08. The van der Waals surface area contributed by atoms with E-state index in [0.29, 0.717) is 30.5 Å². The van der Waals surface area contributed by atoms with Crippen molar-refractivity contribution in [1.82, 2.24) is 0 Å². The van der Waals surface area contributed by atoms with Gasteiger partial charge in [0.25, 0.3) is 0 Å². The molecule has 2 heterocycles. The lowest BCUT2D eigenvalue weighted by Crippen LogP contribution is -2.28. The lowest BCUT2D eigenvalue weighted by atomic mass is 9.95. The highest BCUT2D eigenvalue weighted by Gasteiger charge is 2.34. The summed E-state index contributed by atoms with van der Waals surface area (Å²) in [6, 6.07) is 13.3. The first-order chi connectivity index (χ1) is 13.8. The molecule has 1 atom stereocenters. The molecule has 152 valence electrons. The number of nitrogens with zero attached hydrogens (tertiary/aromatic N) is 1. The van der Waals surface area contributed by atoms with Crippen LogP contribution in [0.15, 0.2) is 42.5 Å². The molecular weight excluding hydrogens is 388 g/mol. The van der Waals surface area contributed by atoms with Gasteiger partial charge in [-0.3, -0.25) is 14.5 Å². The van der Waals surface area contributed by atoms with E-state index in [2.05, 4.69) is 5.32 Å². The summed E-state index contributed by atoms with van der Waals surface area (Å²) in [6.07, 6.45) is 0. The summed E-state index contributed by atoms with van der Waals surface area (Å²) in [7, 11) is 0. The summed E-state index contributed by atoms with van der Waals surface area (Å²) in [5.41, 5.74) is 2.08. The van der Waals surface area contributed by atoms with Gasteiger partial charge in [0, 0.05) is 22.9 Å². The van der Waals surface area contributed by atoms with Crippen LogP contribution in [0.4, 0.5) is 11.4 Å². The normalized spacial score (nSPS) is 18.7. The van der Waals surface area contributed by atoms with Crippen LogP contribution in [0, 0.1) is 5.41 Å². The average Bonchev–Trinajstić information content (AvgIpc) is 3.09. The molecular formula is C22H24N2O4S. The Morgan fingerprint density at radius 1 is 1.07 bits per heavy atom. The standard InChI is InChI=1S/C22H24N2O4S/c1-22(2,3)21(26)23-15-6-4-14(5-7-15)20-24(19(25)13-29-20)16-8-9-17-18(12-16)28-11-10-27-17/h4-9,12,20H,10-11,13H2,1-3H3,(H,23,26)/t20-/m1/s1. The molecule has 0 saturated carbocycles. The molecule has 2 aromatic rings. The van der Waals surface area contributed by atoms with Gasteiger partial charge in [0.2, 0.25) is 11.8 Å². The molecule has 2 aliphatic rings. The van der Waals surface area contributed by atoms with Crippen molar-refractivity contribution in [3.63, 3.8) is 0 Å². The van der Waals surface area contributed by atoms with Gasteiger partial charge in [-0.25, -0.2) is 0 Å². The SMILES string of the molecule is CC(C)(C)C(=O)Nc1ccc([C@H]2SCC(=O)N2c2ccc3c(c2)OCCO3)cc1. The topological polar surface area (TPSA) is 67.9 Å².